The lowest BCUT2D eigenvalue weighted by Gasteiger charge is -2.06. The van der Waals surface area contributed by atoms with E-state index in [2.05, 4.69) is 0 Å². The van der Waals surface area contributed by atoms with Crippen molar-refractivity contribution < 1.29 is 15.0 Å². The lowest BCUT2D eigenvalue weighted by molar-refractivity contribution is 0.107. The molecule has 0 radical (unpaired) electrons. The van der Waals surface area contributed by atoms with Gasteiger partial charge in [-0.15, -0.1) is 0 Å². The first-order chi connectivity index (χ1) is 7.11. The van der Waals surface area contributed by atoms with Crippen molar-refractivity contribution in [3.63, 3.8) is 0 Å². The minimum Gasteiger partial charge on any atom is -0.507 e. The number of carbonyl (C=O) groups excluding carboxylic acids is 1. The summed E-state index contributed by atoms with van der Waals surface area (Å²) in [7, 11) is 0. The smallest absolute Gasteiger partial charge is 0.256 e. The second-order valence-electron chi connectivity index (χ2n) is 3.11. The summed E-state index contributed by atoms with van der Waals surface area (Å²) in [5.41, 5.74) is -0.0899. The van der Waals surface area contributed by atoms with Crippen LogP contribution < -0.4 is 0 Å². The predicted octanol–water partition coefficient (Wildman–Crippen LogP) is 2.63. The summed E-state index contributed by atoms with van der Waals surface area (Å²) in [5, 5.41) is 19.4. The Balaban J connectivity index is 2.90. The van der Waals surface area contributed by atoms with Gasteiger partial charge in [0.05, 0.1) is 5.56 Å². The van der Waals surface area contributed by atoms with Crippen molar-refractivity contribution in [2.75, 3.05) is 0 Å². The van der Waals surface area contributed by atoms with E-state index in [0.29, 0.717) is 10.8 Å². The van der Waals surface area contributed by atoms with Crippen LogP contribution in [0.5, 0.6) is 11.5 Å². The second kappa shape index (κ2) is 3.44. The first kappa shape index (κ1) is 9.80. The number of hydrogen-bond acceptors (Lipinski definition) is 3. The molecule has 0 aliphatic heterocycles. The Labute approximate surface area is 90.5 Å². The molecule has 2 N–H and O–H groups in total. The van der Waals surface area contributed by atoms with Gasteiger partial charge >= 0.3 is 0 Å². The van der Waals surface area contributed by atoms with Crippen LogP contribution >= 0.6 is 11.6 Å². The highest BCUT2D eigenvalue weighted by atomic mass is 35.5. The fourth-order valence-corrected chi connectivity index (χ4v) is 1.63. The molecule has 76 valence electrons. The van der Waals surface area contributed by atoms with Crippen LogP contribution in [0.1, 0.15) is 10.4 Å². The molecular weight excluding hydrogens is 216 g/mol. The number of rotatable bonds is 1. The molecule has 0 aliphatic carbocycles. The zero-order valence-electron chi connectivity index (χ0n) is 7.57. The molecule has 2 aromatic rings. The largest absolute Gasteiger partial charge is 0.507 e. The summed E-state index contributed by atoms with van der Waals surface area (Å²) < 4.78 is 0. The van der Waals surface area contributed by atoms with Gasteiger partial charge in [-0.1, -0.05) is 24.3 Å². The highest BCUT2D eigenvalue weighted by molar-refractivity contribution is 6.68. The van der Waals surface area contributed by atoms with Gasteiger partial charge in [-0.25, -0.2) is 0 Å². The minimum absolute atomic E-state index is 0.0765. The maximum atomic E-state index is 11.0. The van der Waals surface area contributed by atoms with Crippen molar-refractivity contribution in [2.45, 2.75) is 0 Å². The third-order valence-corrected chi connectivity index (χ3v) is 2.41. The van der Waals surface area contributed by atoms with E-state index in [0.717, 1.165) is 6.07 Å². The molecule has 0 unspecified atom stereocenters. The fraction of sp³-hybridized carbons (Fsp3) is 0. The van der Waals surface area contributed by atoms with E-state index in [1.165, 1.54) is 0 Å². The third-order valence-electron chi connectivity index (χ3n) is 2.21. The highest BCUT2D eigenvalue weighted by Gasteiger charge is 2.14. The third kappa shape index (κ3) is 1.51. The monoisotopic (exact) mass is 222 g/mol. The predicted molar refractivity (Wildman–Crippen MR) is 57.5 cm³/mol. The van der Waals surface area contributed by atoms with Gasteiger partial charge in [-0.05, 0) is 17.7 Å². The van der Waals surface area contributed by atoms with E-state index < -0.39 is 5.24 Å². The van der Waals surface area contributed by atoms with Crippen molar-refractivity contribution in [3.05, 3.63) is 35.9 Å². The summed E-state index contributed by atoms with van der Waals surface area (Å²) in [5.74, 6) is -0.282. The molecule has 0 fully saturated rings. The lowest BCUT2D eigenvalue weighted by atomic mass is 10.0. The number of phenolic OH excluding ortho intramolecular Hbond substituents is 2. The lowest BCUT2D eigenvalue weighted by Crippen LogP contribution is -1.90. The molecule has 3 nitrogen and oxygen atoms in total. The average Bonchev–Trinajstić information content (AvgIpc) is 2.23. The van der Waals surface area contributed by atoms with E-state index in [1.54, 1.807) is 24.3 Å². The molecule has 0 spiro atoms. The van der Waals surface area contributed by atoms with Crippen LogP contribution in [0.15, 0.2) is 30.3 Å². The van der Waals surface area contributed by atoms with Gasteiger partial charge in [-0.2, -0.15) is 0 Å². The standard InChI is InChI=1S/C11H7ClO3/c12-11(15)8-5-9(13)6-3-1-2-4-7(6)10(8)14/h1-5,13-14H. The molecule has 0 aliphatic rings. The zero-order valence-corrected chi connectivity index (χ0v) is 8.32. The molecule has 0 heterocycles. The van der Waals surface area contributed by atoms with E-state index in [1.807, 2.05) is 0 Å². The number of phenols is 2. The number of fused-ring (bicyclic) bond motifs is 1. The highest BCUT2D eigenvalue weighted by Crippen LogP contribution is 2.35. The molecule has 0 aromatic heterocycles. The van der Waals surface area contributed by atoms with Crippen molar-refractivity contribution in [1.82, 2.24) is 0 Å². The molecule has 0 bridgehead atoms. The Morgan fingerprint density at radius 1 is 1.13 bits per heavy atom. The normalized spacial score (nSPS) is 10.5. The van der Waals surface area contributed by atoms with Gasteiger partial charge < -0.3 is 10.2 Å². The van der Waals surface area contributed by atoms with Crippen LogP contribution in [0.4, 0.5) is 0 Å². The summed E-state index contributed by atoms with van der Waals surface area (Å²) in [4.78, 5) is 11.0. The van der Waals surface area contributed by atoms with Crippen LogP contribution in [-0.2, 0) is 0 Å². The maximum absolute atomic E-state index is 11.0. The number of hydrogen-bond donors (Lipinski definition) is 2. The molecule has 2 aromatic carbocycles. The topological polar surface area (TPSA) is 57.5 Å². The van der Waals surface area contributed by atoms with E-state index >= 15 is 0 Å². The molecule has 2 rings (SSSR count). The van der Waals surface area contributed by atoms with Gasteiger partial charge in [0.25, 0.3) is 5.24 Å². The Hall–Kier alpha value is -1.74. The number of halogens is 1. The Bertz CT molecular complexity index is 549. The van der Waals surface area contributed by atoms with Gasteiger partial charge in [0.1, 0.15) is 11.5 Å². The zero-order chi connectivity index (χ0) is 11.0. The van der Waals surface area contributed by atoms with Crippen LogP contribution in [0.3, 0.4) is 0 Å². The molecule has 0 atom stereocenters. The Morgan fingerprint density at radius 2 is 1.73 bits per heavy atom. The van der Waals surface area contributed by atoms with Gasteiger partial charge in [0, 0.05) is 10.8 Å². The summed E-state index contributed by atoms with van der Waals surface area (Å²) >= 11 is 5.27. The van der Waals surface area contributed by atoms with Crippen molar-refractivity contribution in [3.8, 4) is 11.5 Å². The van der Waals surface area contributed by atoms with E-state index in [9.17, 15) is 15.0 Å². The van der Waals surface area contributed by atoms with Gasteiger partial charge in [0.15, 0.2) is 0 Å². The van der Waals surface area contributed by atoms with Crippen molar-refractivity contribution >= 4 is 27.6 Å². The molecule has 0 amide bonds. The molecule has 15 heavy (non-hydrogen) atoms. The fourth-order valence-electron chi connectivity index (χ4n) is 1.49. The maximum Gasteiger partial charge on any atom is 0.256 e. The number of carbonyl (C=O) groups is 1. The minimum atomic E-state index is -0.798. The summed E-state index contributed by atoms with van der Waals surface area (Å²) in [6.07, 6.45) is 0. The summed E-state index contributed by atoms with van der Waals surface area (Å²) in [6.45, 7) is 0. The second-order valence-corrected chi connectivity index (χ2v) is 3.45. The Kier molecular flexibility index (Phi) is 2.25. The summed E-state index contributed by atoms with van der Waals surface area (Å²) in [6, 6.07) is 7.83. The average molecular weight is 223 g/mol. The molecule has 4 heteroatoms. The quantitative estimate of drug-likeness (QED) is 0.576. The number of aromatic hydroxyl groups is 2. The van der Waals surface area contributed by atoms with E-state index in [4.69, 9.17) is 11.6 Å². The molecule has 0 saturated carbocycles. The Morgan fingerprint density at radius 3 is 2.33 bits per heavy atom. The first-order valence-corrected chi connectivity index (χ1v) is 4.62. The SMILES string of the molecule is O=C(Cl)c1cc(O)c2ccccc2c1O. The van der Waals surface area contributed by atoms with Crippen LogP contribution in [0.25, 0.3) is 10.8 Å². The van der Waals surface area contributed by atoms with Gasteiger partial charge in [-0.3, -0.25) is 4.79 Å². The van der Waals surface area contributed by atoms with Gasteiger partial charge in [0.2, 0.25) is 0 Å². The number of benzene rings is 2. The molecular formula is C11H7ClO3. The van der Waals surface area contributed by atoms with Crippen LogP contribution in [-0.4, -0.2) is 15.5 Å². The van der Waals surface area contributed by atoms with E-state index in [-0.39, 0.29) is 17.1 Å². The van der Waals surface area contributed by atoms with Crippen LogP contribution in [0.2, 0.25) is 0 Å². The van der Waals surface area contributed by atoms with Crippen molar-refractivity contribution in [2.24, 2.45) is 0 Å². The first-order valence-electron chi connectivity index (χ1n) is 4.25. The van der Waals surface area contributed by atoms with Crippen LogP contribution in [0, 0.1) is 0 Å². The molecule has 0 saturated heterocycles. The van der Waals surface area contributed by atoms with Crippen molar-refractivity contribution in [1.29, 1.82) is 0 Å².